The molecule has 16 nitrogen and oxygen atoms in total. The number of ketones is 2. The third kappa shape index (κ3) is 8.82. The maximum atomic E-state index is 12.9. The molecule has 0 unspecified atom stereocenters. The average Bonchev–Trinajstić information content (AvgIpc) is 3.76. The maximum Gasteiger partial charge on any atom is 0.315 e. The van der Waals surface area contributed by atoms with Crippen LogP contribution in [0.2, 0.25) is 0 Å². The summed E-state index contributed by atoms with van der Waals surface area (Å²) in [5.41, 5.74) is -2.18. The number of ether oxygens (including phenoxy) is 2. The van der Waals surface area contributed by atoms with Crippen molar-refractivity contribution >= 4 is 43.2 Å². The van der Waals surface area contributed by atoms with Gasteiger partial charge >= 0.3 is 11.9 Å². The molecule has 2 aromatic heterocycles. The van der Waals surface area contributed by atoms with E-state index in [4.69, 9.17) is 18.5 Å². The van der Waals surface area contributed by atoms with Crippen LogP contribution in [-0.2, 0) is 72.0 Å². The fraction of sp³-hybridized carbons (Fsp3) is 0.706. The van der Waals surface area contributed by atoms with Crippen LogP contribution < -0.4 is 0 Å². The smallest absolute Gasteiger partial charge is 0.315 e. The van der Waals surface area contributed by atoms with Gasteiger partial charge in [0.05, 0.1) is 23.3 Å². The Morgan fingerprint density at radius 1 is 0.615 bits per heavy atom. The lowest BCUT2D eigenvalue weighted by molar-refractivity contribution is -0.143. The molecule has 2 aliphatic rings. The van der Waals surface area contributed by atoms with Gasteiger partial charge in [0.2, 0.25) is 0 Å². The molecule has 0 saturated carbocycles. The Kier molecular flexibility index (Phi) is 13.1. The zero-order valence-corrected chi connectivity index (χ0v) is 32.5. The minimum absolute atomic E-state index is 0.148. The molecule has 52 heavy (non-hydrogen) atoms. The number of carbonyl (C=O) groups excluding carboxylic acids is 2. The minimum Gasteiger partial charge on any atom is -0.481 e. The van der Waals surface area contributed by atoms with Crippen molar-refractivity contribution in [3.8, 4) is 0 Å². The van der Waals surface area contributed by atoms with E-state index in [1.807, 2.05) is 0 Å². The second-order valence-corrected chi connectivity index (χ2v) is 20.7. The standard InChI is InChI=1S/2C17H25NO7S/c2*1-16(2,15(20)21)13-9-11(25-18-13)10-14(19)17(3,4)26(22,23)12-5-7-24-8-6-12/h2*9,12H,5-8,10H2,1-4H3,(H,20,21). The first-order chi connectivity index (χ1) is 23.8. The highest BCUT2D eigenvalue weighted by molar-refractivity contribution is 7.94. The van der Waals surface area contributed by atoms with Crippen molar-refractivity contribution in [2.75, 3.05) is 26.4 Å². The number of hydrogen-bond acceptors (Lipinski definition) is 14. The molecule has 2 saturated heterocycles. The van der Waals surface area contributed by atoms with E-state index in [0.717, 1.165) is 0 Å². The summed E-state index contributed by atoms with van der Waals surface area (Å²) in [5.74, 6) is -2.89. The Hall–Kier alpha value is -3.48. The van der Waals surface area contributed by atoms with E-state index in [2.05, 4.69) is 10.3 Å². The van der Waals surface area contributed by atoms with E-state index in [-0.39, 0.29) is 35.7 Å². The lowest BCUT2D eigenvalue weighted by atomic mass is 9.89. The van der Waals surface area contributed by atoms with E-state index in [9.17, 15) is 46.2 Å². The van der Waals surface area contributed by atoms with Crippen LogP contribution in [0, 0.1) is 0 Å². The van der Waals surface area contributed by atoms with Crippen LogP contribution in [0.4, 0.5) is 0 Å². The fourth-order valence-electron chi connectivity index (χ4n) is 5.47. The van der Waals surface area contributed by atoms with Crippen molar-refractivity contribution in [1.82, 2.24) is 10.3 Å². The second-order valence-electron chi connectivity index (χ2n) is 15.2. The van der Waals surface area contributed by atoms with Gasteiger partial charge in [-0.05, 0) is 81.1 Å². The molecule has 4 rings (SSSR count). The molecule has 2 fully saturated rings. The van der Waals surface area contributed by atoms with Gasteiger partial charge in [-0.3, -0.25) is 19.2 Å². The van der Waals surface area contributed by atoms with Gasteiger partial charge in [-0.25, -0.2) is 16.8 Å². The summed E-state index contributed by atoms with van der Waals surface area (Å²) in [6, 6.07) is 2.78. The van der Waals surface area contributed by atoms with Gasteiger partial charge in [-0.2, -0.15) is 0 Å². The number of hydrogen-bond donors (Lipinski definition) is 2. The quantitative estimate of drug-likeness (QED) is 0.280. The van der Waals surface area contributed by atoms with Crippen LogP contribution in [-0.4, -0.2) is 107 Å². The summed E-state index contributed by atoms with van der Waals surface area (Å²) in [4.78, 5) is 48.0. The van der Waals surface area contributed by atoms with E-state index in [0.29, 0.717) is 52.1 Å². The van der Waals surface area contributed by atoms with Gasteiger partial charge in [-0.15, -0.1) is 0 Å². The van der Waals surface area contributed by atoms with Crippen molar-refractivity contribution in [2.24, 2.45) is 0 Å². The molecule has 18 heteroatoms. The number of carbonyl (C=O) groups is 4. The molecule has 0 radical (unpaired) electrons. The number of carboxylic acid groups (broad SMARTS) is 2. The molecule has 0 aliphatic carbocycles. The summed E-state index contributed by atoms with van der Waals surface area (Å²) in [6.45, 7) is 12.9. The predicted octanol–water partition coefficient (Wildman–Crippen LogP) is 3.04. The summed E-state index contributed by atoms with van der Waals surface area (Å²) in [7, 11) is -7.40. The van der Waals surface area contributed by atoms with Gasteiger partial charge in [0.1, 0.15) is 43.2 Å². The average molecular weight is 775 g/mol. The van der Waals surface area contributed by atoms with Crippen LogP contribution in [0.5, 0.6) is 0 Å². The number of Topliss-reactive ketones (excluding diaryl/α,β-unsaturated/α-hetero) is 2. The fourth-order valence-corrected chi connectivity index (χ4v) is 9.54. The van der Waals surface area contributed by atoms with Gasteiger partial charge < -0.3 is 28.7 Å². The lowest BCUT2D eigenvalue weighted by Gasteiger charge is -2.30. The molecular weight excluding hydrogens is 725 g/mol. The Bertz CT molecular complexity index is 1710. The Morgan fingerprint density at radius 3 is 1.17 bits per heavy atom. The summed E-state index contributed by atoms with van der Waals surface area (Å²) in [6.07, 6.45) is 0.962. The number of nitrogens with zero attached hydrogens (tertiary/aromatic N) is 2. The van der Waals surface area contributed by atoms with Crippen LogP contribution in [0.3, 0.4) is 0 Å². The lowest BCUT2D eigenvalue weighted by Crippen LogP contribution is -2.48. The SMILES string of the molecule is CC(C)(C(=O)O)c1cc(CC(=O)C(C)(C)S(=O)(=O)C2CCOCC2)on1.CC(C)(C(=O)O)c1cc(CC(=O)C(C)(C)S(=O)(=O)C2CCOCC2)on1. The third-order valence-corrected chi connectivity index (χ3v) is 16.1. The van der Waals surface area contributed by atoms with Crippen molar-refractivity contribution < 1.29 is 64.7 Å². The van der Waals surface area contributed by atoms with Gasteiger partial charge in [0.25, 0.3) is 0 Å². The molecule has 0 amide bonds. The topological polar surface area (TPSA) is 248 Å². The van der Waals surface area contributed by atoms with Gasteiger partial charge in [-0.1, -0.05) is 10.3 Å². The van der Waals surface area contributed by atoms with E-state index < -0.39 is 74.0 Å². The van der Waals surface area contributed by atoms with Crippen LogP contribution in [0.15, 0.2) is 21.2 Å². The van der Waals surface area contributed by atoms with Crippen LogP contribution in [0.1, 0.15) is 104 Å². The Balaban J connectivity index is 0.000000280. The Labute approximate surface area is 303 Å². The molecular formula is C34H50N2O14S2. The predicted molar refractivity (Wildman–Crippen MR) is 185 cm³/mol. The molecule has 2 aromatic rings. The number of carboxylic acids is 2. The summed E-state index contributed by atoms with van der Waals surface area (Å²) < 4.78 is 69.0. The minimum atomic E-state index is -3.70. The van der Waals surface area contributed by atoms with Gasteiger partial charge in [0, 0.05) is 38.6 Å². The molecule has 2 N–H and O–H groups in total. The molecule has 4 heterocycles. The molecule has 0 atom stereocenters. The summed E-state index contributed by atoms with van der Waals surface area (Å²) >= 11 is 0. The number of aliphatic carboxylic acids is 2. The van der Waals surface area contributed by atoms with Crippen molar-refractivity contribution in [2.45, 2.75) is 125 Å². The molecule has 0 aromatic carbocycles. The van der Waals surface area contributed by atoms with Crippen LogP contribution in [0.25, 0.3) is 0 Å². The first kappa shape index (κ1) is 42.9. The monoisotopic (exact) mass is 774 g/mol. The van der Waals surface area contributed by atoms with Crippen molar-refractivity contribution in [1.29, 1.82) is 0 Å². The van der Waals surface area contributed by atoms with E-state index in [1.54, 1.807) is 0 Å². The third-order valence-electron chi connectivity index (χ3n) is 10.1. The number of aromatic nitrogens is 2. The molecule has 0 spiro atoms. The number of sulfone groups is 2. The normalized spacial score (nSPS) is 17.2. The van der Waals surface area contributed by atoms with E-state index >= 15 is 0 Å². The first-order valence-electron chi connectivity index (χ1n) is 16.9. The molecule has 2 aliphatic heterocycles. The summed E-state index contributed by atoms with van der Waals surface area (Å²) in [5, 5.41) is 24.7. The number of rotatable bonds is 14. The highest BCUT2D eigenvalue weighted by Gasteiger charge is 2.48. The van der Waals surface area contributed by atoms with Gasteiger partial charge in [0.15, 0.2) is 31.2 Å². The van der Waals surface area contributed by atoms with Crippen LogP contribution >= 0.6 is 0 Å². The zero-order valence-electron chi connectivity index (χ0n) is 30.9. The van der Waals surface area contributed by atoms with Crippen molar-refractivity contribution in [3.05, 3.63) is 35.0 Å². The largest absolute Gasteiger partial charge is 0.481 e. The molecule has 292 valence electrons. The highest BCUT2D eigenvalue weighted by Crippen LogP contribution is 2.32. The maximum absolute atomic E-state index is 12.9. The Morgan fingerprint density at radius 2 is 0.904 bits per heavy atom. The molecule has 0 bridgehead atoms. The first-order valence-corrected chi connectivity index (χ1v) is 20.0. The second kappa shape index (κ2) is 15.9. The zero-order chi connectivity index (χ0) is 39.5. The highest BCUT2D eigenvalue weighted by atomic mass is 32.2. The van der Waals surface area contributed by atoms with E-state index in [1.165, 1.54) is 67.5 Å². The van der Waals surface area contributed by atoms with Crippen molar-refractivity contribution in [3.63, 3.8) is 0 Å².